The number of hydrogen-bond donors (Lipinski definition) is 0. The Morgan fingerprint density at radius 3 is 2.46 bits per heavy atom. The van der Waals surface area contributed by atoms with E-state index in [9.17, 15) is 4.79 Å². The highest BCUT2D eigenvalue weighted by Crippen LogP contribution is 2.18. The summed E-state index contributed by atoms with van der Waals surface area (Å²) >= 11 is 0. The second-order valence-corrected chi connectivity index (χ2v) is 3.39. The maximum Gasteiger partial charge on any atom is 0.197 e. The molecule has 0 unspecified atom stereocenters. The molecule has 1 aromatic rings. The monoisotopic (exact) mass is 181 g/mol. The first-order valence-electron chi connectivity index (χ1n) is 4.56. The van der Waals surface area contributed by atoms with Gasteiger partial charge in [0.2, 0.25) is 0 Å². The average Bonchev–Trinajstić information content (AvgIpc) is 2.47. The molecule has 0 aliphatic heterocycles. The van der Waals surface area contributed by atoms with Gasteiger partial charge in [-0.1, -0.05) is 20.8 Å². The van der Waals surface area contributed by atoms with E-state index in [1.807, 2.05) is 20.8 Å². The van der Waals surface area contributed by atoms with Crippen molar-refractivity contribution in [1.29, 1.82) is 0 Å². The lowest BCUT2D eigenvalue weighted by molar-refractivity contribution is 0.101. The molecule has 1 aromatic heterocycles. The Balaban J connectivity index is 3.11. The Kier molecular flexibility index (Phi) is 2.86. The lowest BCUT2D eigenvalue weighted by atomic mass is 10.2. The van der Waals surface area contributed by atoms with Crippen LogP contribution in [0.2, 0.25) is 0 Å². The number of hydrogen-bond acceptors (Lipinski definition) is 3. The van der Waals surface area contributed by atoms with Gasteiger partial charge < -0.3 is 4.42 Å². The van der Waals surface area contributed by atoms with E-state index in [0.717, 1.165) is 0 Å². The van der Waals surface area contributed by atoms with Gasteiger partial charge in [0.15, 0.2) is 11.7 Å². The van der Waals surface area contributed by atoms with Crippen LogP contribution in [0.3, 0.4) is 0 Å². The van der Waals surface area contributed by atoms with Gasteiger partial charge in [-0.2, -0.15) is 0 Å². The SMILES string of the molecule is CCc1oc(C(C)C)nc1C(C)=O. The van der Waals surface area contributed by atoms with E-state index in [-0.39, 0.29) is 11.7 Å². The molecular formula is C10H15NO2. The number of aryl methyl sites for hydroxylation is 1. The summed E-state index contributed by atoms with van der Waals surface area (Å²) in [5, 5.41) is 0. The van der Waals surface area contributed by atoms with Gasteiger partial charge in [0, 0.05) is 19.3 Å². The first-order chi connectivity index (χ1) is 6.06. The first kappa shape index (κ1) is 9.96. The van der Waals surface area contributed by atoms with Crippen LogP contribution in [0.5, 0.6) is 0 Å². The molecule has 0 saturated carbocycles. The summed E-state index contributed by atoms with van der Waals surface area (Å²) in [5.74, 6) is 1.57. The number of carbonyl (C=O) groups excluding carboxylic acids is 1. The molecule has 0 fully saturated rings. The van der Waals surface area contributed by atoms with Crippen molar-refractivity contribution in [3.05, 3.63) is 17.3 Å². The molecule has 0 bridgehead atoms. The van der Waals surface area contributed by atoms with Crippen LogP contribution in [0.15, 0.2) is 4.42 Å². The minimum atomic E-state index is -0.0208. The molecule has 0 amide bonds. The summed E-state index contributed by atoms with van der Waals surface area (Å²) in [4.78, 5) is 15.3. The Bertz CT molecular complexity index is 313. The number of rotatable bonds is 3. The fourth-order valence-corrected chi connectivity index (χ4v) is 1.13. The summed E-state index contributed by atoms with van der Waals surface area (Å²) < 4.78 is 5.45. The van der Waals surface area contributed by atoms with Crippen molar-refractivity contribution in [1.82, 2.24) is 4.98 Å². The summed E-state index contributed by atoms with van der Waals surface area (Å²) in [6.45, 7) is 7.46. The van der Waals surface area contributed by atoms with E-state index < -0.39 is 0 Å². The highest BCUT2D eigenvalue weighted by molar-refractivity contribution is 5.93. The van der Waals surface area contributed by atoms with E-state index in [1.165, 1.54) is 6.92 Å². The number of oxazole rings is 1. The predicted molar refractivity (Wildman–Crippen MR) is 50.0 cm³/mol. The highest BCUT2D eigenvalue weighted by Gasteiger charge is 2.16. The fraction of sp³-hybridized carbons (Fsp3) is 0.600. The van der Waals surface area contributed by atoms with Gasteiger partial charge in [-0.15, -0.1) is 0 Å². The molecule has 0 aliphatic carbocycles. The summed E-state index contributed by atoms with van der Waals surface area (Å²) in [7, 11) is 0. The van der Waals surface area contributed by atoms with Gasteiger partial charge in [-0.05, 0) is 0 Å². The molecule has 3 heteroatoms. The third-order valence-electron chi connectivity index (χ3n) is 1.86. The Morgan fingerprint density at radius 1 is 1.54 bits per heavy atom. The van der Waals surface area contributed by atoms with E-state index in [2.05, 4.69) is 4.98 Å². The zero-order chi connectivity index (χ0) is 10.0. The number of ketones is 1. The number of aromatic nitrogens is 1. The molecule has 0 N–H and O–H groups in total. The number of carbonyl (C=O) groups is 1. The molecule has 0 aliphatic rings. The van der Waals surface area contributed by atoms with Crippen molar-refractivity contribution in [2.75, 3.05) is 0 Å². The maximum atomic E-state index is 11.1. The summed E-state index contributed by atoms with van der Waals surface area (Å²) in [6, 6.07) is 0. The van der Waals surface area contributed by atoms with Gasteiger partial charge in [-0.25, -0.2) is 4.98 Å². The average molecular weight is 181 g/mol. The minimum absolute atomic E-state index is 0.0208. The molecule has 1 heterocycles. The molecular weight excluding hydrogens is 166 g/mol. The van der Waals surface area contributed by atoms with Crippen LogP contribution >= 0.6 is 0 Å². The topological polar surface area (TPSA) is 43.1 Å². The Labute approximate surface area is 78.2 Å². The number of nitrogens with zero attached hydrogens (tertiary/aromatic N) is 1. The second kappa shape index (κ2) is 3.73. The largest absolute Gasteiger partial charge is 0.445 e. The zero-order valence-electron chi connectivity index (χ0n) is 8.55. The molecule has 0 aromatic carbocycles. The third kappa shape index (κ3) is 1.97. The van der Waals surface area contributed by atoms with Gasteiger partial charge in [0.25, 0.3) is 0 Å². The molecule has 3 nitrogen and oxygen atoms in total. The van der Waals surface area contributed by atoms with Crippen molar-refractivity contribution in [3.63, 3.8) is 0 Å². The molecule has 0 atom stereocenters. The Morgan fingerprint density at radius 2 is 2.15 bits per heavy atom. The highest BCUT2D eigenvalue weighted by atomic mass is 16.4. The van der Waals surface area contributed by atoms with Gasteiger partial charge in [-0.3, -0.25) is 4.79 Å². The minimum Gasteiger partial charge on any atom is -0.445 e. The van der Waals surface area contributed by atoms with Crippen LogP contribution in [0.4, 0.5) is 0 Å². The fourth-order valence-electron chi connectivity index (χ4n) is 1.13. The van der Waals surface area contributed by atoms with Crippen molar-refractivity contribution in [2.45, 2.75) is 40.0 Å². The second-order valence-electron chi connectivity index (χ2n) is 3.39. The van der Waals surface area contributed by atoms with Crippen LogP contribution in [-0.4, -0.2) is 10.8 Å². The number of Topliss-reactive ketones (excluding diaryl/α,β-unsaturated/α-hetero) is 1. The normalized spacial score (nSPS) is 10.8. The molecule has 0 saturated heterocycles. The third-order valence-corrected chi connectivity index (χ3v) is 1.86. The standard InChI is InChI=1S/C10H15NO2/c1-5-8-9(7(4)12)11-10(13-8)6(2)3/h6H,5H2,1-4H3. The van der Waals surface area contributed by atoms with Crippen LogP contribution in [-0.2, 0) is 6.42 Å². The molecule has 13 heavy (non-hydrogen) atoms. The zero-order valence-corrected chi connectivity index (χ0v) is 8.55. The van der Waals surface area contributed by atoms with E-state index in [0.29, 0.717) is 23.8 Å². The molecule has 72 valence electrons. The summed E-state index contributed by atoms with van der Waals surface area (Å²) in [6.07, 6.45) is 0.717. The lowest BCUT2D eigenvalue weighted by Gasteiger charge is -1.94. The van der Waals surface area contributed by atoms with Crippen LogP contribution in [0, 0.1) is 0 Å². The smallest absolute Gasteiger partial charge is 0.197 e. The van der Waals surface area contributed by atoms with Crippen molar-refractivity contribution < 1.29 is 9.21 Å². The first-order valence-corrected chi connectivity index (χ1v) is 4.56. The van der Waals surface area contributed by atoms with Gasteiger partial charge in [0.05, 0.1) is 0 Å². The van der Waals surface area contributed by atoms with E-state index in [1.54, 1.807) is 0 Å². The van der Waals surface area contributed by atoms with Crippen LogP contribution in [0.25, 0.3) is 0 Å². The van der Waals surface area contributed by atoms with Crippen LogP contribution in [0.1, 0.15) is 55.8 Å². The van der Waals surface area contributed by atoms with Crippen molar-refractivity contribution in [3.8, 4) is 0 Å². The predicted octanol–water partition coefficient (Wildman–Crippen LogP) is 2.56. The molecule has 0 spiro atoms. The summed E-state index contributed by atoms with van der Waals surface area (Å²) in [5.41, 5.74) is 0.492. The van der Waals surface area contributed by atoms with Gasteiger partial charge >= 0.3 is 0 Å². The quantitative estimate of drug-likeness (QED) is 0.673. The lowest BCUT2D eigenvalue weighted by Crippen LogP contribution is -1.97. The Hall–Kier alpha value is -1.12. The van der Waals surface area contributed by atoms with E-state index in [4.69, 9.17) is 4.42 Å². The maximum absolute atomic E-state index is 11.1. The molecule has 0 radical (unpaired) electrons. The van der Waals surface area contributed by atoms with Crippen molar-refractivity contribution >= 4 is 5.78 Å². The van der Waals surface area contributed by atoms with Crippen LogP contribution < -0.4 is 0 Å². The van der Waals surface area contributed by atoms with Crippen molar-refractivity contribution in [2.24, 2.45) is 0 Å². The van der Waals surface area contributed by atoms with E-state index >= 15 is 0 Å². The van der Waals surface area contributed by atoms with Gasteiger partial charge in [0.1, 0.15) is 11.5 Å². The molecule has 1 rings (SSSR count).